The highest BCUT2D eigenvalue weighted by atomic mass is 16.1. The number of aryl methyl sites for hydroxylation is 3. The molecule has 0 radical (unpaired) electrons. The fraction of sp³-hybridized carbons (Fsp3) is 0.214. The van der Waals surface area contributed by atoms with E-state index in [0.29, 0.717) is 11.3 Å². The largest absolute Gasteiger partial charge is 0.293 e. The second-order valence-corrected chi connectivity index (χ2v) is 4.69. The lowest BCUT2D eigenvalue weighted by Crippen LogP contribution is -2.14. The summed E-state index contributed by atoms with van der Waals surface area (Å²) in [5.41, 5.74) is 5.01. The van der Waals surface area contributed by atoms with Gasteiger partial charge < -0.3 is 0 Å². The summed E-state index contributed by atoms with van der Waals surface area (Å²) in [6.45, 7) is 5.69. The maximum Gasteiger partial charge on any atom is 0.272 e. The SMILES string of the molecule is Cc1ccc(-c2c(C)[nH]n3c(=O)cc(C)nc23)cn1. The van der Waals surface area contributed by atoms with Crippen molar-refractivity contribution in [3.63, 3.8) is 0 Å². The van der Waals surface area contributed by atoms with E-state index in [2.05, 4.69) is 15.1 Å². The number of H-pyrrole nitrogens is 1. The molecule has 0 aliphatic carbocycles. The van der Waals surface area contributed by atoms with Gasteiger partial charge in [-0.2, -0.15) is 0 Å². The van der Waals surface area contributed by atoms with Gasteiger partial charge in [0, 0.05) is 40.5 Å². The third-order valence-corrected chi connectivity index (χ3v) is 3.12. The zero-order valence-corrected chi connectivity index (χ0v) is 11.1. The van der Waals surface area contributed by atoms with Crippen molar-refractivity contribution in [2.45, 2.75) is 20.8 Å². The first-order valence-electron chi connectivity index (χ1n) is 6.08. The van der Waals surface area contributed by atoms with Crippen molar-refractivity contribution in [2.24, 2.45) is 0 Å². The Kier molecular flexibility index (Phi) is 2.48. The van der Waals surface area contributed by atoms with E-state index in [1.54, 1.807) is 6.20 Å². The Morgan fingerprint density at radius 1 is 1.16 bits per heavy atom. The topological polar surface area (TPSA) is 63.0 Å². The van der Waals surface area contributed by atoms with Crippen LogP contribution in [-0.4, -0.2) is 19.6 Å². The van der Waals surface area contributed by atoms with Crippen LogP contribution in [0.25, 0.3) is 16.8 Å². The van der Waals surface area contributed by atoms with Crippen LogP contribution in [0.5, 0.6) is 0 Å². The second kappa shape index (κ2) is 4.05. The Balaban J connectivity index is 2.37. The molecule has 19 heavy (non-hydrogen) atoms. The summed E-state index contributed by atoms with van der Waals surface area (Å²) in [6.07, 6.45) is 1.81. The summed E-state index contributed by atoms with van der Waals surface area (Å²) in [4.78, 5) is 20.7. The molecule has 96 valence electrons. The van der Waals surface area contributed by atoms with Gasteiger partial charge in [0.15, 0.2) is 5.65 Å². The van der Waals surface area contributed by atoms with Crippen LogP contribution in [0.4, 0.5) is 0 Å². The Bertz CT molecular complexity index is 812. The number of nitrogens with zero attached hydrogens (tertiary/aromatic N) is 3. The predicted molar refractivity (Wildman–Crippen MR) is 73.3 cm³/mol. The van der Waals surface area contributed by atoms with E-state index in [9.17, 15) is 4.79 Å². The number of hydrogen-bond donors (Lipinski definition) is 1. The first-order chi connectivity index (χ1) is 9.06. The number of aromatic amines is 1. The van der Waals surface area contributed by atoms with E-state index in [-0.39, 0.29) is 5.56 Å². The molecule has 0 amide bonds. The first kappa shape index (κ1) is 11.6. The maximum atomic E-state index is 11.9. The lowest BCUT2D eigenvalue weighted by Gasteiger charge is -2.01. The lowest BCUT2D eigenvalue weighted by atomic mass is 10.1. The maximum absolute atomic E-state index is 11.9. The average molecular weight is 254 g/mol. The van der Waals surface area contributed by atoms with Crippen LogP contribution in [0.1, 0.15) is 17.1 Å². The van der Waals surface area contributed by atoms with Gasteiger partial charge in [0.1, 0.15) is 0 Å². The molecule has 0 saturated heterocycles. The van der Waals surface area contributed by atoms with Crippen molar-refractivity contribution in [2.75, 3.05) is 0 Å². The van der Waals surface area contributed by atoms with Crippen LogP contribution >= 0.6 is 0 Å². The molecule has 3 heterocycles. The number of aromatic nitrogens is 4. The van der Waals surface area contributed by atoms with Crippen molar-refractivity contribution in [3.8, 4) is 11.1 Å². The van der Waals surface area contributed by atoms with Crippen LogP contribution in [0, 0.1) is 20.8 Å². The smallest absolute Gasteiger partial charge is 0.272 e. The number of rotatable bonds is 1. The van der Waals surface area contributed by atoms with Crippen LogP contribution in [0.15, 0.2) is 29.2 Å². The summed E-state index contributed by atoms with van der Waals surface area (Å²) in [5.74, 6) is 0. The molecule has 3 rings (SSSR count). The predicted octanol–water partition coefficient (Wildman–Crippen LogP) is 2.01. The van der Waals surface area contributed by atoms with Crippen LogP contribution in [-0.2, 0) is 0 Å². The van der Waals surface area contributed by atoms with Gasteiger partial charge in [-0.3, -0.25) is 14.9 Å². The second-order valence-electron chi connectivity index (χ2n) is 4.69. The lowest BCUT2D eigenvalue weighted by molar-refractivity contribution is 0.873. The highest BCUT2D eigenvalue weighted by molar-refractivity contribution is 5.79. The van der Waals surface area contributed by atoms with Gasteiger partial charge in [-0.15, -0.1) is 0 Å². The standard InChI is InChI=1S/C14H14N4O/c1-8-4-5-11(7-15-8)13-10(3)17-18-12(19)6-9(2)16-14(13)18/h4-7,17H,1-3H3. The van der Waals surface area contributed by atoms with Gasteiger partial charge in [0.2, 0.25) is 0 Å². The zero-order chi connectivity index (χ0) is 13.6. The Morgan fingerprint density at radius 2 is 1.95 bits per heavy atom. The Morgan fingerprint density at radius 3 is 2.63 bits per heavy atom. The Labute approximate surface area is 109 Å². The molecule has 0 spiro atoms. The van der Waals surface area contributed by atoms with E-state index >= 15 is 0 Å². The van der Waals surface area contributed by atoms with Crippen LogP contribution < -0.4 is 5.56 Å². The third kappa shape index (κ3) is 1.83. The van der Waals surface area contributed by atoms with Gasteiger partial charge in [0.25, 0.3) is 5.56 Å². The molecule has 0 unspecified atom stereocenters. The fourth-order valence-electron chi connectivity index (χ4n) is 2.23. The van der Waals surface area contributed by atoms with Gasteiger partial charge in [-0.05, 0) is 26.8 Å². The van der Waals surface area contributed by atoms with Crippen LogP contribution in [0.3, 0.4) is 0 Å². The minimum Gasteiger partial charge on any atom is -0.293 e. The van der Waals surface area contributed by atoms with E-state index < -0.39 is 0 Å². The van der Waals surface area contributed by atoms with E-state index in [4.69, 9.17) is 0 Å². The third-order valence-electron chi connectivity index (χ3n) is 3.12. The highest BCUT2D eigenvalue weighted by Gasteiger charge is 2.13. The van der Waals surface area contributed by atoms with Crippen molar-refractivity contribution in [1.82, 2.24) is 19.6 Å². The summed E-state index contributed by atoms with van der Waals surface area (Å²) in [7, 11) is 0. The number of pyridine rings is 1. The molecule has 3 aromatic heterocycles. The van der Waals surface area contributed by atoms with Crippen molar-refractivity contribution in [1.29, 1.82) is 0 Å². The summed E-state index contributed by atoms with van der Waals surface area (Å²) in [5, 5.41) is 3.05. The number of nitrogens with one attached hydrogen (secondary N) is 1. The molecule has 0 aromatic carbocycles. The normalized spacial score (nSPS) is 11.1. The van der Waals surface area contributed by atoms with Crippen molar-refractivity contribution >= 4 is 5.65 Å². The monoisotopic (exact) mass is 254 g/mol. The molecule has 0 atom stereocenters. The van der Waals surface area contributed by atoms with E-state index in [1.807, 2.05) is 32.9 Å². The molecule has 5 nitrogen and oxygen atoms in total. The molecule has 0 aliphatic rings. The Hall–Kier alpha value is -2.43. The minimum absolute atomic E-state index is 0.100. The number of hydrogen-bond acceptors (Lipinski definition) is 3. The zero-order valence-electron chi connectivity index (χ0n) is 11.1. The first-order valence-corrected chi connectivity index (χ1v) is 6.08. The van der Waals surface area contributed by atoms with Crippen molar-refractivity contribution in [3.05, 3.63) is 51.8 Å². The molecule has 1 N–H and O–H groups in total. The van der Waals surface area contributed by atoms with E-state index in [0.717, 1.165) is 22.5 Å². The highest BCUT2D eigenvalue weighted by Crippen LogP contribution is 2.25. The molecule has 0 saturated carbocycles. The summed E-state index contributed by atoms with van der Waals surface area (Å²) >= 11 is 0. The van der Waals surface area contributed by atoms with Crippen molar-refractivity contribution < 1.29 is 0 Å². The molecule has 0 fully saturated rings. The molecule has 0 bridgehead atoms. The van der Waals surface area contributed by atoms with Gasteiger partial charge in [0.05, 0.1) is 0 Å². The molecular weight excluding hydrogens is 240 g/mol. The van der Waals surface area contributed by atoms with Crippen LogP contribution in [0.2, 0.25) is 0 Å². The molecule has 5 heteroatoms. The minimum atomic E-state index is -0.100. The molecule has 0 aliphatic heterocycles. The van der Waals surface area contributed by atoms with E-state index in [1.165, 1.54) is 10.6 Å². The van der Waals surface area contributed by atoms with Gasteiger partial charge >= 0.3 is 0 Å². The number of fused-ring (bicyclic) bond motifs is 1. The average Bonchev–Trinajstić information content (AvgIpc) is 2.67. The summed E-state index contributed by atoms with van der Waals surface area (Å²) < 4.78 is 1.47. The van der Waals surface area contributed by atoms with Gasteiger partial charge in [-0.25, -0.2) is 9.50 Å². The van der Waals surface area contributed by atoms with Gasteiger partial charge in [-0.1, -0.05) is 6.07 Å². The fourth-order valence-corrected chi connectivity index (χ4v) is 2.23. The summed E-state index contributed by atoms with van der Waals surface area (Å²) in [6, 6.07) is 5.46. The molecular formula is C14H14N4O. The molecule has 3 aromatic rings. The quantitative estimate of drug-likeness (QED) is 0.722.